The van der Waals surface area contributed by atoms with Crippen molar-refractivity contribution >= 4 is 33.5 Å². The highest BCUT2D eigenvalue weighted by Gasteiger charge is 2.20. The molecule has 1 aliphatic rings. The van der Waals surface area contributed by atoms with Crippen LogP contribution in [-0.2, 0) is 9.59 Å². The quantitative estimate of drug-likeness (QED) is 0.867. The smallest absolute Gasteiger partial charge is 0.251 e. The maximum absolute atomic E-state index is 11.9. The molecule has 1 fully saturated rings. The number of rotatable bonds is 4. The SMILES string of the molecule is O=C1CCC(NC(=O)CNC(=O)c2cccc(Br)c2)CC1. The van der Waals surface area contributed by atoms with E-state index in [4.69, 9.17) is 0 Å². The molecule has 2 N–H and O–H groups in total. The maximum atomic E-state index is 11.9. The average Bonchev–Trinajstić information content (AvgIpc) is 2.47. The monoisotopic (exact) mass is 352 g/mol. The second kappa shape index (κ2) is 7.36. The number of Topliss-reactive ketones (excluding diaryl/α,β-unsaturated/α-hetero) is 1. The van der Waals surface area contributed by atoms with Gasteiger partial charge in [-0.25, -0.2) is 0 Å². The molecule has 1 aliphatic carbocycles. The Balaban J connectivity index is 1.76. The van der Waals surface area contributed by atoms with Crippen LogP contribution >= 0.6 is 15.9 Å². The molecule has 0 atom stereocenters. The summed E-state index contributed by atoms with van der Waals surface area (Å²) in [6, 6.07) is 7.01. The van der Waals surface area contributed by atoms with Gasteiger partial charge in [-0.2, -0.15) is 0 Å². The van der Waals surface area contributed by atoms with E-state index < -0.39 is 0 Å². The molecule has 0 saturated heterocycles. The first-order valence-electron chi connectivity index (χ1n) is 6.89. The molecule has 1 aromatic carbocycles. The Morgan fingerprint density at radius 1 is 1.24 bits per heavy atom. The lowest BCUT2D eigenvalue weighted by Crippen LogP contribution is -2.43. The van der Waals surface area contributed by atoms with Gasteiger partial charge in [-0.15, -0.1) is 0 Å². The minimum absolute atomic E-state index is 0.0398. The van der Waals surface area contributed by atoms with Gasteiger partial charge in [-0.3, -0.25) is 14.4 Å². The third kappa shape index (κ3) is 4.97. The Hall–Kier alpha value is -1.69. The predicted molar refractivity (Wildman–Crippen MR) is 81.9 cm³/mol. The molecule has 5 nitrogen and oxygen atoms in total. The molecule has 21 heavy (non-hydrogen) atoms. The highest BCUT2D eigenvalue weighted by Crippen LogP contribution is 2.14. The molecule has 0 spiro atoms. The summed E-state index contributed by atoms with van der Waals surface area (Å²) in [5.41, 5.74) is 0.500. The van der Waals surface area contributed by atoms with E-state index in [1.165, 1.54) is 0 Å². The van der Waals surface area contributed by atoms with Crippen LogP contribution in [0.3, 0.4) is 0 Å². The zero-order chi connectivity index (χ0) is 15.2. The van der Waals surface area contributed by atoms with Crippen molar-refractivity contribution in [2.24, 2.45) is 0 Å². The van der Waals surface area contributed by atoms with E-state index >= 15 is 0 Å². The fourth-order valence-electron chi connectivity index (χ4n) is 2.26. The second-order valence-corrected chi connectivity index (χ2v) is 5.99. The Bertz CT molecular complexity index is 550. The van der Waals surface area contributed by atoms with Crippen LogP contribution in [0.2, 0.25) is 0 Å². The summed E-state index contributed by atoms with van der Waals surface area (Å²) in [4.78, 5) is 34.8. The van der Waals surface area contributed by atoms with Crippen LogP contribution in [0.4, 0.5) is 0 Å². The lowest BCUT2D eigenvalue weighted by atomic mass is 9.94. The summed E-state index contributed by atoms with van der Waals surface area (Å²) in [6.07, 6.45) is 2.42. The summed E-state index contributed by atoms with van der Waals surface area (Å²) in [7, 11) is 0. The molecular weight excluding hydrogens is 336 g/mol. The number of carbonyl (C=O) groups is 3. The first kappa shape index (κ1) is 15.7. The standard InChI is InChI=1S/C15H17BrN2O3/c16-11-3-1-2-10(8-11)15(21)17-9-14(20)18-12-4-6-13(19)7-5-12/h1-3,8,12H,4-7,9H2,(H,17,21)(H,18,20). The van der Waals surface area contributed by atoms with E-state index in [-0.39, 0.29) is 30.2 Å². The van der Waals surface area contributed by atoms with Crippen LogP contribution < -0.4 is 10.6 Å². The highest BCUT2D eigenvalue weighted by atomic mass is 79.9. The summed E-state index contributed by atoms with van der Waals surface area (Å²) in [5, 5.41) is 5.43. The topological polar surface area (TPSA) is 75.3 Å². The van der Waals surface area contributed by atoms with Gasteiger partial charge >= 0.3 is 0 Å². The van der Waals surface area contributed by atoms with Gasteiger partial charge in [0, 0.05) is 28.9 Å². The Labute approximate surface area is 131 Å². The highest BCUT2D eigenvalue weighted by molar-refractivity contribution is 9.10. The van der Waals surface area contributed by atoms with E-state index in [1.54, 1.807) is 18.2 Å². The van der Waals surface area contributed by atoms with Crippen molar-refractivity contribution in [3.05, 3.63) is 34.3 Å². The van der Waals surface area contributed by atoms with E-state index in [2.05, 4.69) is 26.6 Å². The molecule has 1 saturated carbocycles. The molecule has 0 unspecified atom stereocenters. The van der Waals surface area contributed by atoms with Gasteiger partial charge in [0.25, 0.3) is 5.91 Å². The molecule has 0 aliphatic heterocycles. The van der Waals surface area contributed by atoms with Gasteiger partial charge in [0.05, 0.1) is 6.54 Å². The van der Waals surface area contributed by atoms with Crippen molar-refractivity contribution in [2.45, 2.75) is 31.7 Å². The van der Waals surface area contributed by atoms with Crippen LogP contribution in [0.25, 0.3) is 0 Å². The fourth-order valence-corrected chi connectivity index (χ4v) is 2.65. The van der Waals surface area contributed by atoms with Gasteiger partial charge < -0.3 is 10.6 Å². The molecule has 0 radical (unpaired) electrons. The Morgan fingerprint density at radius 2 is 1.95 bits per heavy atom. The summed E-state index contributed by atoms with van der Waals surface area (Å²) < 4.78 is 0.812. The van der Waals surface area contributed by atoms with Gasteiger partial charge in [0.15, 0.2) is 0 Å². The molecule has 0 bridgehead atoms. The molecule has 112 valence electrons. The lowest BCUT2D eigenvalue weighted by molar-refractivity contribution is -0.124. The number of carbonyl (C=O) groups excluding carboxylic acids is 3. The number of nitrogens with one attached hydrogen (secondary N) is 2. The number of hydrogen-bond donors (Lipinski definition) is 2. The fraction of sp³-hybridized carbons (Fsp3) is 0.400. The minimum Gasteiger partial charge on any atom is -0.352 e. The molecule has 2 rings (SSSR count). The third-order valence-electron chi connectivity index (χ3n) is 3.40. The zero-order valence-electron chi connectivity index (χ0n) is 11.5. The Kier molecular flexibility index (Phi) is 5.50. The predicted octanol–water partition coefficient (Wildman–Crippen LogP) is 1.81. The normalized spacial score (nSPS) is 15.6. The third-order valence-corrected chi connectivity index (χ3v) is 3.90. The number of halogens is 1. The van der Waals surface area contributed by atoms with Gasteiger partial charge in [-0.05, 0) is 31.0 Å². The van der Waals surface area contributed by atoms with E-state index in [1.807, 2.05) is 6.07 Å². The van der Waals surface area contributed by atoms with Crippen LogP contribution in [0.15, 0.2) is 28.7 Å². The average molecular weight is 353 g/mol. The molecule has 0 heterocycles. The Morgan fingerprint density at radius 3 is 2.62 bits per heavy atom. The molecule has 0 aromatic heterocycles. The minimum atomic E-state index is -0.287. The van der Waals surface area contributed by atoms with Crippen molar-refractivity contribution < 1.29 is 14.4 Å². The van der Waals surface area contributed by atoms with E-state index in [0.29, 0.717) is 31.2 Å². The van der Waals surface area contributed by atoms with Crippen molar-refractivity contribution in [1.29, 1.82) is 0 Å². The number of hydrogen-bond acceptors (Lipinski definition) is 3. The van der Waals surface area contributed by atoms with Crippen LogP contribution in [-0.4, -0.2) is 30.2 Å². The first-order chi connectivity index (χ1) is 10.0. The second-order valence-electron chi connectivity index (χ2n) is 5.07. The van der Waals surface area contributed by atoms with Crippen molar-refractivity contribution in [3.8, 4) is 0 Å². The lowest BCUT2D eigenvalue weighted by Gasteiger charge is -2.22. The first-order valence-corrected chi connectivity index (χ1v) is 7.69. The van der Waals surface area contributed by atoms with Gasteiger partial charge in [0.2, 0.25) is 5.91 Å². The van der Waals surface area contributed by atoms with Crippen molar-refractivity contribution in [2.75, 3.05) is 6.54 Å². The van der Waals surface area contributed by atoms with E-state index in [9.17, 15) is 14.4 Å². The van der Waals surface area contributed by atoms with Crippen LogP contribution in [0.1, 0.15) is 36.0 Å². The molecular formula is C15H17BrN2O3. The summed E-state index contributed by atoms with van der Waals surface area (Å²) in [6.45, 7) is -0.0597. The molecule has 1 aromatic rings. The largest absolute Gasteiger partial charge is 0.352 e. The van der Waals surface area contributed by atoms with Crippen LogP contribution in [0.5, 0.6) is 0 Å². The number of ketones is 1. The molecule has 2 amide bonds. The zero-order valence-corrected chi connectivity index (χ0v) is 13.1. The number of benzene rings is 1. The van der Waals surface area contributed by atoms with Crippen LogP contribution in [0, 0.1) is 0 Å². The van der Waals surface area contributed by atoms with Crippen molar-refractivity contribution in [3.63, 3.8) is 0 Å². The summed E-state index contributed by atoms with van der Waals surface area (Å²) in [5.74, 6) is -0.258. The maximum Gasteiger partial charge on any atom is 0.251 e. The molecule has 6 heteroatoms. The van der Waals surface area contributed by atoms with Crippen molar-refractivity contribution in [1.82, 2.24) is 10.6 Å². The summed E-state index contributed by atoms with van der Waals surface area (Å²) >= 11 is 3.29. The number of amides is 2. The van der Waals surface area contributed by atoms with E-state index in [0.717, 1.165) is 4.47 Å². The van der Waals surface area contributed by atoms with Gasteiger partial charge in [-0.1, -0.05) is 22.0 Å². The van der Waals surface area contributed by atoms with Gasteiger partial charge in [0.1, 0.15) is 5.78 Å².